The Morgan fingerprint density at radius 2 is 2.00 bits per heavy atom. The maximum absolute atomic E-state index is 11.6. The quantitative estimate of drug-likeness (QED) is 0.728. The summed E-state index contributed by atoms with van der Waals surface area (Å²) in [4.78, 5) is 10.3. The number of carbonyl (C=O) groups is 1. The van der Waals surface area contributed by atoms with E-state index in [9.17, 15) is 18.0 Å². The minimum Gasteiger partial charge on any atom is -0.481 e. The van der Waals surface area contributed by atoms with Gasteiger partial charge in [0.15, 0.2) is 0 Å². The molecule has 0 spiro atoms. The van der Waals surface area contributed by atoms with E-state index in [1.165, 1.54) is 0 Å². The van der Waals surface area contributed by atoms with Gasteiger partial charge in [-0.05, 0) is 12.8 Å². The monoisotopic (exact) mass is 184 g/mol. The van der Waals surface area contributed by atoms with Crippen molar-refractivity contribution in [1.82, 2.24) is 0 Å². The summed E-state index contributed by atoms with van der Waals surface area (Å²) in [6.45, 7) is 1.56. The fraction of sp³-hybridized carbons (Fsp3) is 0.857. The predicted octanol–water partition coefficient (Wildman–Crippen LogP) is 2.44. The Balaban J connectivity index is 3.81. The van der Waals surface area contributed by atoms with Gasteiger partial charge in [-0.3, -0.25) is 4.79 Å². The summed E-state index contributed by atoms with van der Waals surface area (Å²) in [5, 5.41) is 8.40. The number of carboxylic acid groups (broad SMARTS) is 1. The molecule has 5 heteroatoms. The van der Waals surface area contributed by atoms with Crippen LogP contribution in [0.25, 0.3) is 0 Å². The van der Waals surface area contributed by atoms with Crippen molar-refractivity contribution in [2.24, 2.45) is 5.92 Å². The van der Waals surface area contributed by atoms with Crippen molar-refractivity contribution in [3.05, 3.63) is 0 Å². The van der Waals surface area contributed by atoms with Crippen LogP contribution in [0.15, 0.2) is 0 Å². The molecule has 1 unspecified atom stereocenters. The average molecular weight is 184 g/mol. The van der Waals surface area contributed by atoms with Gasteiger partial charge in [0.05, 0.1) is 5.92 Å². The summed E-state index contributed by atoms with van der Waals surface area (Å²) in [5.41, 5.74) is 0. The molecule has 1 atom stereocenters. The lowest BCUT2D eigenvalue weighted by Gasteiger charge is -2.10. The fourth-order valence-corrected chi connectivity index (χ4v) is 0.840. The van der Waals surface area contributed by atoms with Gasteiger partial charge in [-0.25, -0.2) is 0 Å². The Morgan fingerprint density at radius 1 is 1.50 bits per heavy atom. The molecule has 0 fully saturated rings. The molecule has 0 amide bonds. The Bertz CT molecular complexity index is 153. The van der Waals surface area contributed by atoms with Crippen LogP contribution in [-0.4, -0.2) is 17.3 Å². The number of hydrogen-bond acceptors (Lipinski definition) is 1. The van der Waals surface area contributed by atoms with Crippen LogP contribution in [0, 0.1) is 5.92 Å². The van der Waals surface area contributed by atoms with Crippen LogP contribution in [-0.2, 0) is 4.79 Å². The van der Waals surface area contributed by atoms with E-state index in [1.807, 2.05) is 0 Å². The molecule has 2 nitrogen and oxygen atoms in total. The van der Waals surface area contributed by atoms with E-state index in [0.717, 1.165) is 0 Å². The first-order valence-electron chi connectivity index (χ1n) is 3.66. The topological polar surface area (TPSA) is 37.3 Å². The number of alkyl halides is 3. The Morgan fingerprint density at radius 3 is 2.25 bits per heavy atom. The van der Waals surface area contributed by atoms with Crippen LogP contribution in [0.3, 0.4) is 0 Å². The van der Waals surface area contributed by atoms with Crippen LogP contribution in [0.1, 0.15) is 26.2 Å². The Kier molecular flexibility index (Phi) is 4.06. The molecule has 0 bridgehead atoms. The average Bonchev–Trinajstić information content (AvgIpc) is 1.85. The lowest BCUT2D eigenvalue weighted by Crippen LogP contribution is -2.17. The van der Waals surface area contributed by atoms with Crippen molar-refractivity contribution in [2.45, 2.75) is 32.4 Å². The van der Waals surface area contributed by atoms with Gasteiger partial charge < -0.3 is 5.11 Å². The van der Waals surface area contributed by atoms with Gasteiger partial charge in [-0.1, -0.05) is 6.92 Å². The molecular weight excluding hydrogens is 173 g/mol. The smallest absolute Gasteiger partial charge is 0.389 e. The predicted molar refractivity (Wildman–Crippen MR) is 36.7 cm³/mol. The highest BCUT2D eigenvalue weighted by molar-refractivity contribution is 5.69. The van der Waals surface area contributed by atoms with Gasteiger partial charge in [-0.2, -0.15) is 13.2 Å². The molecular formula is C7H11F3O2. The second-order valence-corrected chi connectivity index (χ2v) is 2.60. The molecule has 0 aliphatic rings. The van der Waals surface area contributed by atoms with Gasteiger partial charge in [0.1, 0.15) is 0 Å². The third-order valence-corrected chi connectivity index (χ3v) is 1.62. The summed E-state index contributed by atoms with van der Waals surface area (Å²) >= 11 is 0. The van der Waals surface area contributed by atoms with Crippen LogP contribution >= 0.6 is 0 Å². The molecule has 0 radical (unpaired) electrons. The molecule has 72 valence electrons. The standard InChI is InChI=1S/C7H11F3O2/c1-2-5(6(11)12)3-4-7(8,9)10/h5H,2-4H2,1H3,(H,11,12). The van der Waals surface area contributed by atoms with E-state index in [-0.39, 0.29) is 12.8 Å². The second-order valence-electron chi connectivity index (χ2n) is 2.60. The zero-order chi connectivity index (χ0) is 9.78. The first-order chi connectivity index (χ1) is 5.37. The second kappa shape index (κ2) is 4.33. The molecule has 1 N–H and O–H groups in total. The lowest BCUT2D eigenvalue weighted by atomic mass is 10.0. The highest BCUT2D eigenvalue weighted by Gasteiger charge is 2.29. The van der Waals surface area contributed by atoms with E-state index in [4.69, 9.17) is 5.11 Å². The Hall–Kier alpha value is -0.740. The van der Waals surface area contributed by atoms with E-state index in [2.05, 4.69) is 0 Å². The van der Waals surface area contributed by atoms with Crippen molar-refractivity contribution in [3.8, 4) is 0 Å². The number of hydrogen-bond donors (Lipinski definition) is 1. The van der Waals surface area contributed by atoms with Crippen molar-refractivity contribution >= 4 is 5.97 Å². The zero-order valence-electron chi connectivity index (χ0n) is 6.69. The molecule has 0 aliphatic heterocycles. The van der Waals surface area contributed by atoms with Gasteiger partial charge in [-0.15, -0.1) is 0 Å². The van der Waals surface area contributed by atoms with Crippen molar-refractivity contribution < 1.29 is 23.1 Å². The maximum atomic E-state index is 11.6. The summed E-state index contributed by atoms with van der Waals surface area (Å²) < 4.78 is 34.9. The van der Waals surface area contributed by atoms with Crippen molar-refractivity contribution in [3.63, 3.8) is 0 Å². The summed E-state index contributed by atoms with van der Waals surface area (Å²) in [6.07, 6.45) is -5.35. The number of carboxylic acids is 1. The molecule has 0 saturated heterocycles. The lowest BCUT2D eigenvalue weighted by molar-refractivity contribution is -0.149. The summed E-state index contributed by atoms with van der Waals surface area (Å²) in [6, 6.07) is 0. The van der Waals surface area contributed by atoms with Gasteiger partial charge in [0.2, 0.25) is 0 Å². The van der Waals surface area contributed by atoms with Crippen molar-refractivity contribution in [2.75, 3.05) is 0 Å². The van der Waals surface area contributed by atoms with Gasteiger partial charge in [0.25, 0.3) is 0 Å². The SMILES string of the molecule is CCC(CCC(F)(F)F)C(=O)O. The highest BCUT2D eigenvalue weighted by atomic mass is 19.4. The molecule has 0 aliphatic carbocycles. The van der Waals surface area contributed by atoms with Crippen LogP contribution in [0.5, 0.6) is 0 Å². The third kappa shape index (κ3) is 4.98. The zero-order valence-corrected chi connectivity index (χ0v) is 6.69. The number of aliphatic carboxylic acids is 1. The molecule has 0 aromatic carbocycles. The largest absolute Gasteiger partial charge is 0.481 e. The van der Waals surface area contributed by atoms with Crippen LogP contribution in [0.2, 0.25) is 0 Å². The molecule has 12 heavy (non-hydrogen) atoms. The van der Waals surface area contributed by atoms with E-state index in [0.29, 0.717) is 0 Å². The van der Waals surface area contributed by atoms with Gasteiger partial charge >= 0.3 is 12.1 Å². The molecule has 0 aromatic heterocycles. The minimum absolute atomic E-state index is 0.241. The number of halogens is 3. The first kappa shape index (κ1) is 11.3. The third-order valence-electron chi connectivity index (χ3n) is 1.62. The van der Waals surface area contributed by atoms with E-state index in [1.54, 1.807) is 6.92 Å². The minimum atomic E-state index is -4.25. The normalized spacial score (nSPS) is 14.3. The fourth-order valence-electron chi connectivity index (χ4n) is 0.840. The highest BCUT2D eigenvalue weighted by Crippen LogP contribution is 2.25. The molecule has 0 saturated carbocycles. The van der Waals surface area contributed by atoms with E-state index >= 15 is 0 Å². The maximum Gasteiger partial charge on any atom is 0.389 e. The van der Waals surface area contributed by atoms with Crippen LogP contribution in [0.4, 0.5) is 13.2 Å². The number of rotatable bonds is 4. The summed E-state index contributed by atoms with van der Waals surface area (Å²) in [5.74, 6) is -2.02. The first-order valence-corrected chi connectivity index (χ1v) is 3.66. The van der Waals surface area contributed by atoms with Gasteiger partial charge in [0, 0.05) is 6.42 Å². The summed E-state index contributed by atoms with van der Waals surface area (Å²) in [7, 11) is 0. The Labute approximate surface area is 68.4 Å². The van der Waals surface area contributed by atoms with E-state index < -0.39 is 24.5 Å². The van der Waals surface area contributed by atoms with Crippen molar-refractivity contribution in [1.29, 1.82) is 0 Å². The molecule has 0 aromatic rings. The van der Waals surface area contributed by atoms with Crippen LogP contribution < -0.4 is 0 Å². The molecule has 0 rings (SSSR count). The molecule has 0 heterocycles.